The zero-order valence-electron chi connectivity index (χ0n) is 7.62. The van der Waals surface area contributed by atoms with E-state index in [1.165, 1.54) is 5.56 Å². The van der Waals surface area contributed by atoms with Gasteiger partial charge in [0, 0.05) is 12.1 Å². The number of hydrogen-bond acceptors (Lipinski definition) is 2. The van der Waals surface area contributed by atoms with Gasteiger partial charge in [-0.1, -0.05) is 24.3 Å². The van der Waals surface area contributed by atoms with Gasteiger partial charge in [-0.3, -0.25) is 0 Å². The number of aryl methyl sites for hydroxylation is 1. The van der Waals surface area contributed by atoms with Crippen molar-refractivity contribution in [3.8, 4) is 0 Å². The highest BCUT2D eigenvalue weighted by Crippen LogP contribution is 2.16. The van der Waals surface area contributed by atoms with E-state index >= 15 is 0 Å². The SMILES string of the molecule is Cc1ccccc1[C@H](N)[C@H](C)N. The molecule has 0 aliphatic carbocycles. The highest BCUT2D eigenvalue weighted by Gasteiger charge is 2.11. The molecule has 12 heavy (non-hydrogen) atoms. The normalized spacial score (nSPS) is 15.7. The minimum Gasteiger partial charge on any atom is -0.326 e. The van der Waals surface area contributed by atoms with E-state index in [2.05, 4.69) is 13.0 Å². The van der Waals surface area contributed by atoms with Gasteiger partial charge in [0.1, 0.15) is 0 Å². The summed E-state index contributed by atoms with van der Waals surface area (Å²) < 4.78 is 0. The highest BCUT2D eigenvalue weighted by atomic mass is 14.8. The van der Waals surface area contributed by atoms with E-state index in [4.69, 9.17) is 11.5 Å². The van der Waals surface area contributed by atoms with Crippen LogP contribution in [0.2, 0.25) is 0 Å². The molecule has 0 heterocycles. The molecule has 0 saturated heterocycles. The Bertz CT molecular complexity index is 256. The first-order valence-corrected chi connectivity index (χ1v) is 4.19. The summed E-state index contributed by atoms with van der Waals surface area (Å²) in [5.41, 5.74) is 14.0. The summed E-state index contributed by atoms with van der Waals surface area (Å²) in [6.07, 6.45) is 0. The molecule has 1 aromatic rings. The average molecular weight is 164 g/mol. The second-order valence-electron chi connectivity index (χ2n) is 3.24. The lowest BCUT2D eigenvalue weighted by atomic mass is 9.98. The van der Waals surface area contributed by atoms with E-state index in [1.54, 1.807) is 0 Å². The average Bonchev–Trinajstić information content (AvgIpc) is 2.04. The Kier molecular flexibility index (Phi) is 2.84. The van der Waals surface area contributed by atoms with Crippen molar-refractivity contribution in [2.75, 3.05) is 0 Å². The lowest BCUT2D eigenvalue weighted by Gasteiger charge is -2.17. The zero-order chi connectivity index (χ0) is 9.14. The molecule has 1 rings (SSSR count). The molecule has 0 aromatic heterocycles. The van der Waals surface area contributed by atoms with Crippen molar-refractivity contribution in [1.82, 2.24) is 0 Å². The third kappa shape index (κ3) is 1.84. The van der Waals surface area contributed by atoms with Crippen LogP contribution in [0.25, 0.3) is 0 Å². The first-order valence-electron chi connectivity index (χ1n) is 4.19. The van der Waals surface area contributed by atoms with Gasteiger partial charge in [-0.25, -0.2) is 0 Å². The van der Waals surface area contributed by atoms with Gasteiger partial charge < -0.3 is 11.5 Å². The van der Waals surface area contributed by atoms with Crippen molar-refractivity contribution in [3.63, 3.8) is 0 Å². The molecule has 2 atom stereocenters. The number of benzene rings is 1. The van der Waals surface area contributed by atoms with Crippen molar-refractivity contribution < 1.29 is 0 Å². The largest absolute Gasteiger partial charge is 0.326 e. The molecule has 0 amide bonds. The van der Waals surface area contributed by atoms with Gasteiger partial charge >= 0.3 is 0 Å². The number of nitrogens with two attached hydrogens (primary N) is 2. The number of hydrogen-bond donors (Lipinski definition) is 2. The Labute approximate surface area is 73.6 Å². The summed E-state index contributed by atoms with van der Waals surface area (Å²) in [6.45, 7) is 3.98. The van der Waals surface area contributed by atoms with Gasteiger partial charge in [-0.2, -0.15) is 0 Å². The first-order chi connectivity index (χ1) is 5.63. The molecule has 0 aliphatic rings. The topological polar surface area (TPSA) is 52.0 Å². The third-order valence-corrected chi connectivity index (χ3v) is 2.11. The van der Waals surface area contributed by atoms with Gasteiger partial charge in [0.25, 0.3) is 0 Å². The molecule has 0 radical (unpaired) electrons. The van der Waals surface area contributed by atoms with Crippen LogP contribution < -0.4 is 11.5 Å². The summed E-state index contributed by atoms with van der Waals surface area (Å²) in [5, 5.41) is 0. The van der Waals surface area contributed by atoms with Crippen LogP contribution in [-0.2, 0) is 0 Å². The van der Waals surface area contributed by atoms with Gasteiger partial charge in [0.2, 0.25) is 0 Å². The molecule has 0 saturated carbocycles. The summed E-state index contributed by atoms with van der Waals surface area (Å²) in [5.74, 6) is 0. The second-order valence-corrected chi connectivity index (χ2v) is 3.24. The van der Waals surface area contributed by atoms with Crippen molar-refractivity contribution in [1.29, 1.82) is 0 Å². The van der Waals surface area contributed by atoms with E-state index in [0.29, 0.717) is 0 Å². The monoisotopic (exact) mass is 164 g/mol. The van der Waals surface area contributed by atoms with E-state index in [-0.39, 0.29) is 12.1 Å². The minimum absolute atomic E-state index is 0.00565. The maximum absolute atomic E-state index is 5.91. The molecule has 0 fully saturated rings. The fourth-order valence-corrected chi connectivity index (χ4v) is 1.24. The van der Waals surface area contributed by atoms with Crippen molar-refractivity contribution in [2.24, 2.45) is 11.5 Å². The molecule has 0 bridgehead atoms. The van der Waals surface area contributed by atoms with Crippen molar-refractivity contribution >= 4 is 0 Å². The van der Waals surface area contributed by atoms with Gasteiger partial charge in [-0.05, 0) is 25.0 Å². The van der Waals surface area contributed by atoms with Crippen LogP contribution in [-0.4, -0.2) is 6.04 Å². The molecular weight excluding hydrogens is 148 g/mol. The van der Waals surface area contributed by atoms with Gasteiger partial charge in [0.15, 0.2) is 0 Å². The first kappa shape index (κ1) is 9.23. The van der Waals surface area contributed by atoms with E-state index in [0.717, 1.165) is 5.56 Å². The van der Waals surface area contributed by atoms with Crippen LogP contribution in [0.15, 0.2) is 24.3 Å². The Hall–Kier alpha value is -0.860. The predicted molar refractivity (Wildman–Crippen MR) is 51.8 cm³/mol. The zero-order valence-corrected chi connectivity index (χ0v) is 7.62. The molecule has 0 aliphatic heterocycles. The van der Waals surface area contributed by atoms with E-state index in [9.17, 15) is 0 Å². The van der Waals surface area contributed by atoms with E-state index < -0.39 is 0 Å². The lowest BCUT2D eigenvalue weighted by Crippen LogP contribution is -2.31. The smallest absolute Gasteiger partial charge is 0.0448 e. The van der Waals surface area contributed by atoms with Crippen LogP contribution in [0.3, 0.4) is 0 Å². The maximum atomic E-state index is 5.91. The maximum Gasteiger partial charge on any atom is 0.0448 e. The van der Waals surface area contributed by atoms with Gasteiger partial charge in [0.05, 0.1) is 0 Å². The molecule has 1 aromatic carbocycles. The van der Waals surface area contributed by atoms with Gasteiger partial charge in [-0.15, -0.1) is 0 Å². The van der Waals surface area contributed by atoms with Crippen LogP contribution in [0.4, 0.5) is 0 Å². The molecule has 2 heteroatoms. The Morgan fingerprint density at radius 3 is 2.25 bits per heavy atom. The number of rotatable bonds is 2. The summed E-state index contributed by atoms with van der Waals surface area (Å²) >= 11 is 0. The Morgan fingerprint density at radius 1 is 1.17 bits per heavy atom. The lowest BCUT2D eigenvalue weighted by molar-refractivity contribution is 0.586. The Balaban J connectivity index is 2.94. The molecule has 0 unspecified atom stereocenters. The van der Waals surface area contributed by atoms with Crippen LogP contribution >= 0.6 is 0 Å². The van der Waals surface area contributed by atoms with Crippen LogP contribution in [0, 0.1) is 6.92 Å². The van der Waals surface area contributed by atoms with Crippen LogP contribution in [0.5, 0.6) is 0 Å². The minimum atomic E-state index is -0.0498. The molecule has 0 spiro atoms. The molecular formula is C10H16N2. The molecule has 4 N–H and O–H groups in total. The second kappa shape index (κ2) is 3.70. The Morgan fingerprint density at radius 2 is 1.75 bits per heavy atom. The summed E-state index contributed by atoms with van der Waals surface area (Å²) in [7, 11) is 0. The summed E-state index contributed by atoms with van der Waals surface area (Å²) in [4.78, 5) is 0. The third-order valence-electron chi connectivity index (χ3n) is 2.11. The molecule has 2 nitrogen and oxygen atoms in total. The van der Waals surface area contributed by atoms with E-state index in [1.807, 2.05) is 25.1 Å². The highest BCUT2D eigenvalue weighted by molar-refractivity contribution is 5.29. The van der Waals surface area contributed by atoms with Crippen molar-refractivity contribution in [3.05, 3.63) is 35.4 Å². The fourth-order valence-electron chi connectivity index (χ4n) is 1.24. The standard InChI is InChI=1S/C10H16N2/c1-7-5-3-4-6-9(7)10(12)8(2)11/h3-6,8,10H,11-12H2,1-2H3/t8-,10+/m0/s1. The van der Waals surface area contributed by atoms with Crippen molar-refractivity contribution in [2.45, 2.75) is 25.9 Å². The quantitative estimate of drug-likeness (QED) is 0.693. The fraction of sp³-hybridized carbons (Fsp3) is 0.400. The summed E-state index contributed by atoms with van der Waals surface area (Å²) in [6, 6.07) is 8.04. The van der Waals surface area contributed by atoms with Crippen LogP contribution in [0.1, 0.15) is 24.1 Å². The predicted octanol–water partition coefficient (Wildman–Crippen LogP) is 1.34. The molecule has 66 valence electrons.